The Morgan fingerprint density at radius 2 is 2.20 bits per heavy atom. The largest absolute Gasteiger partial charge is 0.463 e. The molecule has 20 heavy (non-hydrogen) atoms. The van der Waals surface area contributed by atoms with Gasteiger partial charge in [0, 0.05) is 13.1 Å². The maximum atomic E-state index is 12.0. The predicted molar refractivity (Wildman–Crippen MR) is 70.3 cm³/mol. The Kier molecular flexibility index (Phi) is 3.23. The van der Waals surface area contributed by atoms with Crippen LogP contribution in [0.2, 0.25) is 0 Å². The highest BCUT2D eigenvalue weighted by molar-refractivity contribution is 5.62. The number of nitrogens with one attached hydrogen (secondary N) is 1. The van der Waals surface area contributed by atoms with Gasteiger partial charge in [0.1, 0.15) is 17.3 Å². The predicted octanol–water partition coefficient (Wildman–Crippen LogP) is 0.738. The van der Waals surface area contributed by atoms with Crippen LogP contribution in [0.5, 0.6) is 0 Å². The topological polar surface area (TPSA) is 95.2 Å². The van der Waals surface area contributed by atoms with Gasteiger partial charge in [-0.25, -0.2) is 4.98 Å². The molecule has 102 valence electrons. The molecule has 0 amide bonds. The van der Waals surface area contributed by atoms with Crippen LogP contribution in [0.4, 0.5) is 5.95 Å². The average molecular weight is 272 g/mol. The van der Waals surface area contributed by atoms with Crippen LogP contribution in [-0.2, 0) is 4.74 Å². The van der Waals surface area contributed by atoms with Crippen molar-refractivity contribution in [2.24, 2.45) is 0 Å². The molecule has 0 saturated carbocycles. The lowest BCUT2D eigenvalue weighted by atomic mass is 10.2. The Morgan fingerprint density at radius 3 is 2.85 bits per heavy atom. The summed E-state index contributed by atoms with van der Waals surface area (Å²) in [5.41, 5.74) is -0.241. The van der Waals surface area contributed by atoms with E-state index in [0.29, 0.717) is 38.0 Å². The van der Waals surface area contributed by atoms with E-state index in [2.05, 4.69) is 9.97 Å². The van der Waals surface area contributed by atoms with Crippen molar-refractivity contribution in [3.63, 3.8) is 0 Å². The summed E-state index contributed by atoms with van der Waals surface area (Å²) < 4.78 is 10.5. The summed E-state index contributed by atoms with van der Waals surface area (Å²) in [6, 6.07) is 5.23. The van der Waals surface area contributed by atoms with Gasteiger partial charge >= 0.3 is 0 Å². The Morgan fingerprint density at radius 1 is 1.40 bits per heavy atom. The summed E-state index contributed by atoms with van der Waals surface area (Å²) >= 11 is 0. The lowest BCUT2D eigenvalue weighted by Crippen LogP contribution is -2.38. The highest BCUT2D eigenvalue weighted by Gasteiger charge is 2.19. The molecule has 0 atom stereocenters. The fourth-order valence-corrected chi connectivity index (χ4v) is 2.08. The Balaban J connectivity index is 2.10. The lowest BCUT2D eigenvalue weighted by molar-refractivity contribution is 0.122. The maximum Gasteiger partial charge on any atom is 0.271 e. The molecule has 2 aromatic heterocycles. The van der Waals surface area contributed by atoms with Crippen molar-refractivity contribution < 1.29 is 9.15 Å². The van der Waals surface area contributed by atoms with Crippen molar-refractivity contribution in [3.05, 3.63) is 34.3 Å². The summed E-state index contributed by atoms with van der Waals surface area (Å²) in [5.74, 6) is 0.839. The standard InChI is InChI=1S/C13H12N4O3/c14-8-9-11(10-2-1-5-20-10)15-13(16-12(9)18)17-3-6-19-7-4-17/h1-2,5H,3-4,6-7H2,(H,15,16,18). The quantitative estimate of drug-likeness (QED) is 0.866. The van der Waals surface area contributed by atoms with Crippen LogP contribution in [0.3, 0.4) is 0 Å². The van der Waals surface area contributed by atoms with Gasteiger partial charge in [-0.1, -0.05) is 0 Å². The number of anilines is 1. The number of nitriles is 1. The molecule has 1 aliphatic heterocycles. The molecule has 1 N–H and O–H groups in total. The van der Waals surface area contributed by atoms with E-state index >= 15 is 0 Å². The van der Waals surface area contributed by atoms with Crippen molar-refractivity contribution >= 4 is 5.95 Å². The summed E-state index contributed by atoms with van der Waals surface area (Å²) in [5, 5.41) is 9.11. The zero-order valence-electron chi connectivity index (χ0n) is 10.6. The third-order valence-electron chi connectivity index (χ3n) is 3.08. The maximum absolute atomic E-state index is 12.0. The van der Waals surface area contributed by atoms with E-state index < -0.39 is 5.56 Å². The van der Waals surface area contributed by atoms with Crippen LogP contribution >= 0.6 is 0 Å². The smallest absolute Gasteiger partial charge is 0.271 e. The van der Waals surface area contributed by atoms with E-state index in [4.69, 9.17) is 14.4 Å². The number of H-pyrrole nitrogens is 1. The Bertz CT molecular complexity index is 693. The number of furan rings is 1. The van der Waals surface area contributed by atoms with E-state index in [1.807, 2.05) is 11.0 Å². The van der Waals surface area contributed by atoms with Crippen molar-refractivity contribution in [2.75, 3.05) is 31.2 Å². The number of hydrogen-bond acceptors (Lipinski definition) is 6. The first-order chi connectivity index (χ1) is 9.79. The average Bonchev–Trinajstić information content (AvgIpc) is 3.01. The molecular formula is C13H12N4O3. The Hall–Kier alpha value is -2.59. The second kappa shape index (κ2) is 5.19. The summed E-state index contributed by atoms with van der Waals surface area (Å²) in [6.07, 6.45) is 1.48. The highest BCUT2D eigenvalue weighted by Crippen LogP contribution is 2.21. The number of aromatic amines is 1. The first-order valence-electron chi connectivity index (χ1n) is 6.20. The minimum absolute atomic E-state index is 0.0445. The van der Waals surface area contributed by atoms with Crippen LogP contribution in [0.1, 0.15) is 5.56 Å². The zero-order valence-corrected chi connectivity index (χ0v) is 10.6. The van der Waals surface area contributed by atoms with Crippen molar-refractivity contribution in [1.82, 2.24) is 9.97 Å². The van der Waals surface area contributed by atoms with E-state index in [1.165, 1.54) is 6.26 Å². The first-order valence-corrected chi connectivity index (χ1v) is 6.20. The monoisotopic (exact) mass is 272 g/mol. The van der Waals surface area contributed by atoms with Crippen molar-refractivity contribution in [3.8, 4) is 17.5 Å². The van der Waals surface area contributed by atoms with Crippen LogP contribution < -0.4 is 10.5 Å². The van der Waals surface area contributed by atoms with Gasteiger partial charge in [-0.2, -0.15) is 5.26 Å². The highest BCUT2D eigenvalue weighted by atomic mass is 16.5. The fourth-order valence-electron chi connectivity index (χ4n) is 2.08. The van der Waals surface area contributed by atoms with Gasteiger partial charge in [-0.05, 0) is 12.1 Å². The second-order valence-electron chi connectivity index (χ2n) is 4.30. The first kappa shape index (κ1) is 12.4. The molecule has 0 aliphatic carbocycles. The third-order valence-corrected chi connectivity index (χ3v) is 3.08. The molecule has 7 nitrogen and oxygen atoms in total. The summed E-state index contributed by atoms with van der Waals surface area (Å²) in [7, 11) is 0. The molecule has 0 bridgehead atoms. The lowest BCUT2D eigenvalue weighted by Gasteiger charge is -2.27. The number of morpholine rings is 1. The number of hydrogen-bond donors (Lipinski definition) is 1. The molecule has 3 rings (SSSR count). The normalized spacial score (nSPS) is 15.1. The summed E-state index contributed by atoms with van der Waals surface area (Å²) in [4.78, 5) is 20.9. The van der Waals surface area contributed by atoms with Gasteiger partial charge in [0.15, 0.2) is 5.76 Å². The van der Waals surface area contributed by atoms with Crippen LogP contribution in [-0.4, -0.2) is 36.3 Å². The van der Waals surface area contributed by atoms with E-state index in [-0.39, 0.29) is 11.3 Å². The van der Waals surface area contributed by atoms with Gasteiger partial charge in [0.25, 0.3) is 5.56 Å². The molecule has 0 unspecified atom stereocenters. The van der Waals surface area contributed by atoms with Gasteiger partial charge in [-0.3, -0.25) is 9.78 Å². The number of ether oxygens (including phenoxy) is 1. The van der Waals surface area contributed by atoms with Crippen molar-refractivity contribution in [2.45, 2.75) is 0 Å². The van der Waals surface area contributed by atoms with Gasteiger partial charge in [-0.15, -0.1) is 0 Å². The van der Waals surface area contributed by atoms with Crippen LogP contribution in [0.15, 0.2) is 27.6 Å². The summed E-state index contributed by atoms with van der Waals surface area (Å²) in [6.45, 7) is 2.46. The van der Waals surface area contributed by atoms with E-state index in [1.54, 1.807) is 12.1 Å². The zero-order chi connectivity index (χ0) is 13.9. The molecule has 1 saturated heterocycles. The SMILES string of the molecule is N#Cc1c(-c2ccco2)nc(N2CCOCC2)[nH]c1=O. The molecular weight excluding hydrogens is 260 g/mol. The van der Waals surface area contributed by atoms with Crippen LogP contribution in [0.25, 0.3) is 11.5 Å². The molecule has 0 aromatic carbocycles. The number of aromatic nitrogens is 2. The van der Waals surface area contributed by atoms with Gasteiger partial charge < -0.3 is 14.1 Å². The minimum atomic E-state index is -0.463. The fraction of sp³-hybridized carbons (Fsp3) is 0.308. The second-order valence-corrected chi connectivity index (χ2v) is 4.30. The number of rotatable bonds is 2. The third kappa shape index (κ3) is 2.17. The molecule has 0 radical (unpaired) electrons. The van der Waals surface area contributed by atoms with Crippen LogP contribution in [0, 0.1) is 11.3 Å². The van der Waals surface area contributed by atoms with Gasteiger partial charge in [0.05, 0.1) is 19.5 Å². The van der Waals surface area contributed by atoms with E-state index in [0.717, 1.165) is 0 Å². The van der Waals surface area contributed by atoms with Crippen molar-refractivity contribution in [1.29, 1.82) is 5.26 Å². The molecule has 1 fully saturated rings. The minimum Gasteiger partial charge on any atom is -0.463 e. The van der Waals surface area contributed by atoms with E-state index in [9.17, 15) is 4.79 Å². The molecule has 1 aliphatic rings. The molecule has 0 spiro atoms. The molecule has 3 heterocycles. The van der Waals surface area contributed by atoms with Gasteiger partial charge in [0.2, 0.25) is 5.95 Å². The molecule has 7 heteroatoms. The molecule has 2 aromatic rings. The number of nitrogens with zero attached hydrogens (tertiary/aromatic N) is 3. The Labute approximate surface area is 114 Å².